The zero-order chi connectivity index (χ0) is 36.0. The Morgan fingerprint density at radius 2 is 1.78 bits per heavy atom. The first-order valence-electron chi connectivity index (χ1n) is 15.4. The maximum Gasteiger partial charge on any atom is 0.417 e. The van der Waals surface area contributed by atoms with E-state index in [0.717, 1.165) is 17.0 Å². The number of aromatic nitrogens is 3. The second kappa shape index (κ2) is 13.3. The van der Waals surface area contributed by atoms with E-state index in [0.29, 0.717) is 23.4 Å². The van der Waals surface area contributed by atoms with Crippen molar-refractivity contribution in [1.29, 1.82) is 0 Å². The number of carbonyl (C=O) groups is 1. The number of pyridine rings is 1. The molecule has 2 atom stereocenters. The largest absolute Gasteiger partial charge is 0.420 e. The van der Waals surface area contributed by atoms with Crippen LogP contribution in [0.15, 0.2) is 59.1 Å². The van der Waals surface area contributed by atoms with Crippen molar-refractivity contribution in [1.82, 2.24) is 20.1 Å². The number of ether oxygens (including phenoxy) is 1. The van der Waals surface area contributed by atoms with Gasteiger partial charge in [-0.25, -0.2) is 22.0 Å². The van der Waals surface area contributed by atoms with Gasteiger partial charge in [0.2, 0.25) is 11.8 Å². The van der Waals surface area contributed by atoms with Crippen LogP contribution >= 0.6 is 0 Å². The maximum absolute atomic E-state index is 15.6. The minimum Gasteiger partial charge on any atom is -0.420 e. The minimum absolute atomic E-state index is 0.132. The number of methoxy groups -OCH3 is 1. The second-order valence-corrected chi connectivity index (χ2v) is 12.3. The van der Waals surface area contributed by atoms with E-state index in [2.05, 4.69) is 15.2 Å². The third-order valence-corrected chi connectivity index (χ3v) is 8.62. The molecule has 2 unspecified atom stereocenters. The molecule has 2 aliphatic heterocycles. The summed E-state index contributed by atoms with van der Waals surface area (Å²) >= 11 is 0. The van der Waals surface area contributed by atoms with Crippen molar-refractivity contribution < 1.29 is 49.1 Å². The average molecular weight is 711 g/mol. The Labute approximate surface area is 280 Å². The summed E-state index contributed by atoms with van der Waals surface area (Å²) in [6.45, 7) is -0.235. The highest BCUT2D eigenvalue weighted by atomic mass is 19.4. The predicted molar refractivity (Wildman–Crippen MR) is 163 cm³/mol. The summed E-state index contributed by atoms with van der Waals surface area (Å²) in [5, 5.41) is 7.71. The fourth-order valence-electron chi connectivity index (χ4n) is 6.15. The lowest BCUT2D eigenvalue weighted by atomic mass is 9.95. The molecule has 9 nitrogen and oxygen atoms in total. The van der Waals surface area contributed by atoms with E-state index in [-0.39, 0.29) is 43.5 Å². The van der Waals surface area contributed by atoms with E-state index >= 15 is 13.2 Å². The highest BCUT2D eigenvalue weighted by molar-refractivity contribution is 5.99. The Hall–Kier alpha value is -4.48. The zero-order valence-corrected chi connectivity index (χ0v) is 26.4. The first-order chi connectivity index (χ1) is 23.5. The van der Waals surface area contributed by atoms with E-state index < -0.39 is 83.7 Å². The molecule has 0 radical (unpaired) electrons. The van der Waals surface area contributed by atoms with Gasteiger partial charge in [0, 0.05) is 50.4 Å². The van der Waals surface area contributed by atoms with E-state index in [1.165, 1.54) is 42.3 Å². The smallest absolute Gasteiger partial charge is 0.417 e. The van der Waals surface area contributed by atoms with E-state index in [1.807, 2.05) is 0 Å². The molecule has 1 fully saturated rings. The summed E-state index contributed by atoms with van der Waals surface area (Å²) in [7, 11) is 1.44. The van der Waals surface area contributed by atoms with Crippen LogP contribution in [0.25, 0.3) is 22.7 Å². The summed E-state index contributed by atoms with van der Waals surface area (Å²) in [5.41, 5.74) is 4.44. The van der Waals surface area contributed by atoms with Crippen molar-refractivity contribution in [3.05, 3.63) is 83.1 Å². The summed E-state index contributed by atoms with van der Waals surface area (Å²) in [6.07, 6.45) is -5.57. The zero-order valence-electron chi connectivity index (χ0n) is 26.4. The highest BCUT2D eigenvalue weighted by Gasteiger charge is 2.46. The third kappa shape index (κ3) is 7.34. The normalized spacial score (nSPS) is 20.8. The van der Waals surface area contributed by atoms with Crippen LogP contribution in [-0.2, 0) is 28.2 Å². The topological polar surface area (TPSA) is 111 Å². The van der Waals surface area contributed by atoms with Gasteiger partial charge in [-0.1, -0.05) is 24.3 Å². The average Bonchev–Trinajstić information content (AvgIpc) is 3.53. The molecule has 0 bridgehead atoms. The number of anilines is 1. The number of halogens is 8. The number of likely N-dealkylation sites (tertiary alicyclic amines) is 1. The van der Waals surface area contributed by atoms with Gasteiger partial charge in [0.1, 0.15) is 5.82 Å². The van der Waals surface area contributed by atoms with Gasteiger partial charge in [-0.15, -0.1) is 10.2 Å². The van der Waals surface area contributed by atoms with Crippen LogP contribution in [0.3, 0.4) is 0 Å². The molecule has 4 heterocycles. The van der Waals surface area contributed by atoms with Gasteiger partial charge in [-0.05, 0) is 29.8 Å². The molecular formula is C33H30F8N6O3. The number of amides is 1. The summed E-state index contributed by atoms with van der Waals surface area (Å²) in [5.74, 6) is -10.4. The lowest BCUT2D eigenvalue weighted by Crippen LogP contribution is -2.47. The molecule has 2 aliphatic rings. The van der Waals surface area contributed by atoms with Gasteiger partial charge < -0.3 is 19.8 Å². The molecule has 1 saturated heterocycles. The number of piperidine rings is 1. The lowest BCUT2D eigenvalue weighted by molar-refractivity contribution is -0.137. The number of rotatable bonds is 8. The Balaban J connectivity index is 1.31. The number of nitrogens with zero attached hydrogens (tertiary/aromatic N) is 5. The van der Waals surface area contributed by atoms with Gasteiger partial charge in [-0.2, -0.15) is 13.2 Å². The molecule has 266 valence electrons. The van der Waals surface area contributed by atoms with Crippen molar-refractivity contribution >= 4 is 11.6 Å². The van der Waals surface area contributed by atoms with Gasteiger partial charge >= 0.3 is 6.18 Å². The van der Waals surface area contributed by atoms with Gasteiger partial charge in [0.05, 0.1) is 54.2 Å². The summed E-state index contributed by atoms with van der Waals surface area (Å²) in [6, 6.07) is 8.07. The number of fused-ring (bicyclic) bond motifs is 1. The van der Waals surface area contributed by atoms with Crippen molar-refractivity contribution in [2.75, 3.05) is 38.3 Å². The molecule has 0 spiro atoms. The first kappa shape index (κ1) is 35.3. The minimum atomic E-state index is -4.56. The molecule has 17 heteroatoms. The first-order valence-corrected chi connectivity index (χ1v) is 15.4. The van der Waals surface area contributed by atoms with E-state index in [1.54, 1.807) is 0 Å². The van der Waals surface area contributed by atoms with Crippen molar-refractivity contribution in [2.45, 2.75) is 49.4 Å². The van der Waals surface area contributed by atoms with Crippen LogP contribution in [0.2, 0.25) is 0 Å². The predicted octanol–water partition coefficient (Wildman–Crippen LogP) is 6.38. The monoisotopic (exact) mass is 710 g/mol. The summed E-state index contributed by atoms with van der Waals surface area (Å²) in [4.78, 5) is 19.8. The quantitative estimate of drug-likeness (QED) is 0.210. The molecule has 4 aromatic rings. The molecule has 50 heavy (non-hydrogen) atoms. The van der Waals surface area contributed by atoms with Crippen molar-refractivity contribution in [2.24, 2.45) is 5.73 Å². The van der Waals surface area contributed by atoms with Crippen molar-refractivity contribution in [3.8, 4) is 22.7 Å². The standard InChI is InChI=1S/C33H30F8N6O3/c1-49-9-8-46-16-20(12-31(35,36)17-46)28-44-45-29(50-28)22-10-27-23(11-24(22)34)32(37,38)13-25(42)30(48)47(27)15-18-2-4-19(5-3-18)26-7-6-21(14-43-26)33(39,40)41/h2-7,10-11,14,20,25H,8-9,12-13,15-17,42H2,1H3. The third-order valence-electron chi connectivity index (χ3n) is 8.62. The number of hydrogen-bond acceptors (Lipinski definition) is 8. The Morgan fingerprint density at radius 1 is 1.04 bits per heavy atom. The molecule has 1 amide bonds. The fraction of sp³-hybridized carbons (Fsp3) is 0.394. The lowest BCUT2D eigenvalue weighted by Gasteiger charge is -2.36. The number of carbonyl (C=O) groups excluding carboxylic acids is 1. The number of nitrogens with two attached hydrogens (primary N) is 1. The molecule has 2 N–H and O–H groups in total. The van der Waals surface area contributed by atoms with Crippen molar-refractivity contribution in [3.63, 3.8) is 0 Å². The van der Waals surface area contributed by atoms with Gasteiger partial charge in [-0.3, -0.25) is 14.7 Å². The van der Waals surface area contributed by atoms with Crippen LogP contribution in [-0.4, -0.2) is 71.3 Å². The molecule has 2 aromatic carbocycles. The van der Waals surface area contributed by atoms with Crippen LogP contribution < -0.4 is 10.6 Å². The van der Waals surface area contributed by atoms with Gasteiger partial charge in [0.15, 0.2) is 0 Å². The number of hydrogen-bond donors (Lipinski definition) is 1. The number of alkyl halides is 7. The second-order valence-electron chi connectivity index (χ2n) is 12.3. The molecule has 0 aliphatic carbocycles. The van der Waals surface area contributed by atoms with Crippen LogP contribution in [0.1, 0.15) is 41.3 Å². The van der Waals surface area contributed by atoms with Crippen LogP contribution in [0.5, 0.6) is 0 Å². The molecular weight excluding hydrogens is 680 g/mol. The summed E-state index contributed by atoms with van der Waals surface area (Å²) < 4.78 is 125. The van der Waals surface area contributed by atoms with E-state index in [9.17, 15) is 26.7 Å². The fourth-order valence-corrected chi connectivity index (χ4v) is 6.15. The maximum atomic E-state index is 15.6. The number of benzene rings is 2. The van der Waals surface area contributed by atoms with E-state index in [4.69, 9.17) is 14.9 Å². The Bertz CT molecular complexity index is 1850. The van der Waals surface area contributed by atoms with Crippen LogP contribution in [0, 0.1) is 5.82 Å². The molecule has 6 rings (SSSR count). The van der Waals surface area contributed by atoms with Gasteiger partial charge in [0.25, 0.3) is 17.7 Å². The Kier molecular flexibility index (Phi) is 9.43. The highest BCUT2D eigenvalue weighted by Crippen LogP contribution is 2.45. The SMILES string of the molecule is COCCN1CC(c2nnc(-c3cc4c(cc3F)C(F)(F)CC(N)C(=O)N4Cc3ccc(-c4ccc(C(F)(F)F)cn4)cc3)o2)CC(F)(F)C1. The van der Waals surface area contributed by atoms with Crippen LogP contribution in [0.4, 0.5) is 40.8 Å². The Morgan fingerprint density at radius 3 is 2.44 bits per heavy atom. The molecule has 0 saturated carbocycles. The molecule has 2 aromatic heterocycles.